The number of nitrogens with zero attached hydrogens (tertiary/aromatic N) is 1. The molecule has 0 N–H and O–H groups in total. The zero-order valence-corrected chi connectivity index (χ0v) is 14.1. The highest BCUT2D eigenvalue weighted by Crippen LogP contribution is 2.33. The molecule has 1 fully saturated rings. The first kappa shape index (κ1) is 15.3. The Morgan fingerprint density at radius 3 is 2.58 bits per heavy atom. The van der Waals surface area contributed by atoms with Crippen LogP contribution in [0, 0.1) is 12.8 Å². The predicted octanol–water partition coefficient (Wildman–Crippen LogP) is 3.53. The van der Waals surface area contributed by atoms with Crippen LogP contribution < -0.4 is 0 Å². The highest BCUT2D eigenvalue weighted by Gasteiger charge is 2.30. The molecule has 1 saturated carbocycles. The summed E-state index contributed by atoms with van der Waals surface area (Å²) in [7, 11) is -1.79. The summed E-state index contributed by atoms with van der Waals surface area (Å²) in [6.45, 7) is 2.41. The van der Waals surface area contributed by atoms with Gasteiger partial charge in [0.25, 0.3) is 0 Å². The van der Waals surface area contributed by atoms with Gasteiger partial charge in [0.05, 0.1) is 4.90 Å². The Balaban J connectivity index is 2.40. The lowest BCUT2D eigenvalue weighted by molar-refractivity contribution is 0.452. The molecule has 3 nitrogen and oxygen atoms in total. The zero-order chi connectivity index (χ0) is 14.2. The van der Waals surface area contributed by atoms with Gasteiger partial charge < -0.3 is 0 Å². The van der Waals surface area contributed by atoms with Crippen LogP contribution in [0.15, 0.2) is 21.5 Å². The lowest BCUT2D eigenvalue weighted by atomic mass is 10.2. The van der Waals surface area contributed by atoms with Crippen LogP contribution in [-0.4, -0.2) is 26.3 Å². The van der Waals surface area contributed by atoms with Gasteiger partial charge in [0.1, 0.15) is 0 Å². The van der Waals surface area contributed by atoms with Crippen molar-refractivity contribution >= 4 is 37.6 Å². The molecule has 106 valence electrons. The Kier molecular flexibility index (Phi) is 4.60. The van der Waals surface area contributed by atoms with Gasteiger partial charge in [-0.3, -0.25) is 0 Å². The summed E-state index contributed by atoms with van der Waals surface area (Å²) in [6, 6.07) is 3.54. The monoisotopic (exact) mass is 365 g/mol. The van der Waals surface area contributed by atoms with Crippen LogP contribution in [0.25, 0.3) is 0 Å². The van der Waals surface area contributed by atoms with Crippen LogP contribution in [0.4, 0.5) is 0 Å². The van der Waals surface area contributed by atoms with Crippen LogP contribution in [0.5, 0.6) is 0 Å². The molecule has 0 saturated heterocycles. The molecule has 1 aromatic rings. The molecular weight excluding hydrogens is 350 g/mol. The van der Waals surface area contributed by atoms with E-state index in [-0.39, 0.29) is 0 Å². The van der Waals surface area contributed by atoms with E-state index in [0.717, 1.165) is 28.4 Å². The molecular formula is C13H17BrClNO2S. The standard InChI is InChI=1S/C13H17BrClNO2S/c1-9-12(14)5-11(7-15)6-13(9)19(17,18)16(2)8-10-3-4-10/h5-6,10H,3-4,7-8H2,1-2H3. The Morgan fingerprint density at radius 2 is 2.05 bits per heavy atom. The maximum absolute atomic E-state index is 12.6. The van der Waals surface area contributed by atoms with Crippen LogP contribution in [-0.2, 0) is 15.9 Å². The van der Waals surface area contributed by atoms with Crippen molar-refractivity contribution in [2.75, 3.05) is 13.6 Å². The van der Waals surface area contributed by atoms with Crippen molar-refractivity contribution in [3.63, 3.8) is 0 Å². The summed E-state index contributed by atoms with van der Waals surface area (Å²) in [5.74, 6) is 0.827. The number of hydrogen-bond donors (Lipinski definition) is 0. The first-order chi connectivity index (χ1) is 8.86. The van der Waals surface area contributed by atoms with Gasteiger partial charge in [-0.05, 0) is 48.9 Å². The maximum atomic E-state index is 12.6. The van der Waals surface area contributed by atoms with E-state index in [0.29, 0.717) is 23.2 Å². The largest absolute Gasteiger partial charge is 0.243 e. The highest BCUT2D eigenvalue weighted by atomic mass is 79.9. The molecule has 6 heteroatoms. The van der Waals surface area contributed by atoms with E-state index < -0.39 is 10.0 Å². The van der Waals surface area contributed by atoms with Gasteiger partial charge in [0.2, 0.25) is 10.0 Å². The van der Waals surface area contributed by atoms with E-state index in [1.165, 1.54) is 4.31 Å². The maximum Gasteiger partial charge on any atom is 0.243 e. The second-order valence-corrected chi connectivity index (χ2v) is 8.20. The summed E-state index contributed by atoms with van der Waals surface area (Å²) in [6.07, 6.45) is 2.26. The molecule has 0 aliphatic heterocycles. The fourth-order valence-electron chi connectivity index (χ4n) is 1.98. The third-order valence-electron chi connectivity index (χ3n) is 3.41. The second kappa shape index (κ2) is 5.72. The number of benzene rings is 1. The predicted molar refractivity (Wildman–Crippen MR) is 81.0 cm³/mol. The van der Waals surface area contributed by atoms with E-state index in [1.807, 2.05) is 6.07 Å². The number of halogens is 2. The molecule has 0 bridgehead atoms. The van der Waals surface area contributed by atoms with E-state index in [4.69, 9.17) is 11.6 Å². The molecule has 1 aliphatic rings. The fraction of sp³-hybridized carbons (Fsp3) is 0.538. The summed E-state index contributed by atoms with van der Waals surface area (Å²) in [4.78, 5) is 0.348. The quantitative estimate of drug-likeness (QED) is 0.748. The fourth-order valence-corrected chi connectivity index (χ4v) is 4.32. The average molecular weight is 367 g/mol. The van der Waals surface area contributed by atoms with Crippen LogP contribution in [0.1, 0.15) is 24.0 Å². The topological polar surface area (TPSA) is 37.4 Å². The molecule has 19 heavy (non-hydrogen) atoms. The molecule has 0 spiro atoms. The Morgan fingerprint density at radius 1 is 1.42 bits per heavy atom. The summed E-state index contributed by atoms with van der Waals surface area (Å²) in [5, 5.41) is 0. The number of rotatable bonds is 5. The molecule has 1 aromatic carbocycles. The lowest BCUT2D eigenvalue weighted by Gasteiger charge is -2.19. The smallest absolute Gasteiger partial charge is 0.207 e. The molecule has 2 rings (SSSR count). The zero-order valence-electron chi connectivity index (χ0n) is 11.0. The minimum atomic E-state index is -3.44. The van der Waals surface area contributed by atoms with Crippen molar-refractivity contribution in [1.82, 2.24) is 4.31 Å². The van der Waals surface area contributed by atoms with Crippen molar-refractivity contribution in [1.29, 1.82) is 0 Å². The van der Waals surface area contributed by atoms with E-state index >= 15 is 0 Å². The van der Waals surface area contributed by atoms with Crippen molar-refractivity contribution in [2.45, 2.75) is 30.5 Å². The number of hydrogen-bond acceptors (Lipinski definition) is 2. The van der Waals surface area contributed by atoms with E-state index in [9.17, 15) is 8.42 Å². The van der Waals surface area contributed by atoms with Gasteiger partial charge >= 0.3 is 0 Å². The van der Waals surface area contributed by atoms with Gasteiger partial charge in [-0.1, -0.05) is 15.9 Å². The summed E-state index contributed by atoms with van der Waals surface area (Å²) in [5.41, 5.74) is 1.54. The summed E-state index contributed by atoms with van der Waals surface area (Å²) >= 11 is 9.22. The minimum Gasteiger partial charge on any atom is -0.207 e. The molecule has 0 unspecified atom stereocenters. The van der Waals surface area contributed by atoms with E-state index in [2.05, 4.69) is 15.9 Å². The third-order valence-corrected chi connectivity index (χ3v) is 6.49. The molecule has 0 aromatic heterocycles. The first-order valence-electron chi connectivity index (χ1n) is 6.17. The third kappa shape index (κ3) is 3.32. The summed E-state index contributed by atoms with van der Waals surface area (Å²) < 4.78 is 27.4. The molecule has 0 atom stereocenters. The Hall–Kier alpha value is -0.100. The second-order valence-electron chi connectivity index (χ2n) is 5.06. The molecule has 0 heterocycles. The average Bonchev–Trinajstić information content (AvgIpc) is 3.15. The Labute approximate surface area is 128 Å². The highest BCUT2D eigenvalue weighted by molar-refractivity contribution is 9.10. The van der Waals surface area contributed by atoms with Crippen LogP contribution in [0.2, 0.25) is 0 Å². The molecule has 0 radical (unpaired) electrons. The number of sulfonamides is 1. The van der Waals surface area contributed by atoms with Gasteiger partial charge in [-0.2, -0.15) is 0 Å². The van der Waals surface area contributed by atoms with Gasteiger partial charge in [0, 0.05) is 23.9 Å². The lowest BCUT2D eigenvalue weighted by Crippen LogP contribution is -2.29. The SMILES string of the molecule is Cc1c(Br)cc(CCl)cc1S(=O)(=O)N(C)CC1CC1. The minimum absolute atomic E-state index is 0.299. The van der Waals surface area contributed by atoms with Crippen molar-refractivity contribution in [3.05, 3.63) is 27.7 Å². The Bertz CT molecular complexity index is 585. The molecule has 0 amide bonds. The van der Waals surface area contributed by atoms with Gasteiger partial charge in [0.15, 0.2) is 0 Å². The van der Waals surface area contributed by atoms with Crippen molar-refractivity contribution in [3.8, 4) is 0 Å². The van der Waals surface area contributed by atoms with Crippen LogP contribution >= 0.6 is 27.5 Å². The van der Waals surface area contributed by atoms with Crippen molar-refractivity contribution < 1.29 is 8.42 Å². The number of alkyl halides is 1. The van der Waals surface area contributed by atoms with Crippen molar-refractivity contribution in [2.24, 2.45) is 5.92 Å². The molecule has 1 aliphatic carbocycles. The van der Waals surface area contributed by atoms with Gasteiger partial charge in [-0.25, -0.2) is 12.7 Å². The van der Waals surface area contributed by atoms with Crippen LogP contribution in [0.3, 0.4) is 0 Å². The van der Waals surface area contributed by atoms with Gasteiger partial charge in [-0.15, -0.1) is 11.6 Å². The first-order valence-corrected chi connectivity index (χ1v) is 8.94. The van der Waals surface area contributed by atoms with E-state index in [1.54, 1.807) is 20.0 Å². The normalized spacial score (nSPS) is 16.1.